The number of nitrogens with zero attached hydrogens (tertiary/aromatic N) is 2. The Balaban J connectivity index is 1.74. The molecule has 6 nitrogen and oxygen atoms in total. The van der Waals surface area contributed by atoms with Gasteiger partial charge in [0.2, 0.25) is 5.89 Å². The Morgan fingerprint density at radius 1 is 1.16 bits per heavy atom. The number of carbonyl (C=O) groups is 1. The van der Waals surface area contributed by atoms with Crippen molar-refractivity contribution in [1.82, 2.24) is 15.2 Å². The summed E-state index contributed by atoms with van der Waals surface area (Å²) in [6.45, 7) is 2.08. The van der Waals surface area contributed by atoms with Gasteiger partial charge < -0.3 is 14.5 Å². The Kier molecular flexibility index (Phi) is 8.43. The van der Waals surface area contributed by atoms with Crippen LogP contribution in [0, 0.1) is 5.82 Å². The molecule has 0 fully saturated rings. The fourth-order valence-electron chi connectivity index (χ4n) is 2.94. The first-order chi connectivity index (χ1) is 14.9. The molecule has 0 unspecified atom stereocenters. The van der Waals surface area contributed by atoms with Gasteiger partial charge in [0, 0.05) is 36.8 Å². The van der Waals surface area contributed by atoms with E-state index in [1.807, 2.05) is 11.0 Å². The van der Waals surface area contributed by atoms with Crippen LogP contribution in [-0.4, -0.2) is 36.1 Å². The van der Waals surface area contributed by atoms with E-state index in [1.54, 1.807) is 31.4 Å². The van der Waals surface area contributed by atoms with Gasteiger partial charge in [0.25, 0.3) is 5.91 Å². The van der Waals surface area contributed by atoms with Crippen LogP contribution in [0.1, 0.15) is 27.5 Å². The highest BCUT2D eigenvalue weighted by atomic mass is 35.5. The molecule has 1 heterocycles. The maximum Gasteiger partial charge on any atom is 0.273 e. The fourth-order valence-corrected chi connectivity index (χ4v) is 3.41. The van der Waals surface area contributed by atoms with Gasteiger partial charge in [-0.15, -0.1) is 0 Å². The highest BCUT2D eigenvalue weighted by Crippen LogP contribution is 2.24. The topological polar surface area (TPSA) is 67.6 Å². The van der Waals surface area contributed by atoms with Crippen LogP contribution in [0.25, 0.3) is 0 Å². The van der Waals surface area contributed by atoms with E-state index in [0.717, 1.165) is 11.1 Å². The van der Waals surface area contributed by atoms with Crippen molar-refractivity contribution in [3.8, 4) is 0 Å². The van der Waals surface area contributed by atoms with Crippen LogP contribution in [0.2, 0.25) is 10.0 Å². The van der Waals surface area contributed by atoms with Crippen LogP contribution in [0.4, 0.5) is 4.39 Å². The molecule has 2 aromatic carbocycles. The SMILES string of the molecule is COCCNC(=O)c1coc(CN(Cc2ccc(F)cc2)Cc2ccc(Cl)cc2Cl)n1. The zero-order valence-corrected chi connectivity index (χ0v) is 18.4. The number of hydrogen-bond donors (Lipinski definition) is 1. The summed E-state index contributed by atoms with van der Waals surface area (Å²) in [6.07, 6.45) is 1.32. The zero-order chi connectivity index (χ0) is 22.2. The third-order valence-corrected chi connectivity index (χ3v) is 5.05. The molecular weight excluding hydrogens is 444 g/mol. The maximum atomic E-state index is 13.3. The van der Waals surface area contributed by atoms with Crippen molar-refractivity contribution in [1.29, 1.82) is 0 Å². The average molecular weight is 466 g/mol. The van der Waals surface area contributed by atoms with Crippen molar-refractivity contribution in [2.45, 2.75) is 19.6 Å². The Morgan fingerprint density at radius 3 is 2.65 bits per heavy atom. The Bertz CT molecular complexity index is 1010. The largest absolute Gasteiger partial charge is 0.447 e. The van der Waals surface area contributed by atoms with Crippen LogP contribution in [0.3, 0.4) is 0 Å². The van der Waals surface area contributed by atoms with E-state index in [9.17, 15) is 9.18 Å². The molecule has 9 heteroatoms. The fraction of sp³-hybridized carbons (Fsp3) is 0.273. The number of benzene rings is 2. The Morgan fingerprint density at radius 2 is 1.94 bits per heavy atom. The number of hydrogen-bond acceptors (Lipinski definition) is 5. The van der Waals surface area contributed by atoms with Gasteiger partial charge in [0.05, 0.1) is 13.2 Å². The molecule has 0 saturated carbocycles. The predicted molar refractivity (Wildman–Crippen MR) is 117 cm³/mol. The lowest BCUT2D eigenvalue weighted by Crippen LogP contribution is -2.27. The molecule has 3 rings (SSSR count). The molecule has 0 spiro atoms. The van der Waals surface area contributed by atoms with E-state index in [0.29, 0.717) is 48.7 Å². The molecule has 0 atom stereocenters. The summed E-state index contributed by atoms with van der Waals surface area (Å²) in [7, 11) is 1.56. The van der Waals surface area contributed by atoms with Gasteiger partial charge in [-0.2, -0.15) is 0 Å². The van der Waals surface area contributed by atoms with Crippen molar-refractivity contribution >= 4 is 29.1 Å². The Hall–Kier alpha value is -2.45. The van der Waals surface area contributed by atoms with Crippen molar-refractivity contribution < 1.29 is 18.3 Å². The molecule has 0 aliphatic heterocycles. The molecule has 31 heavy (non-hydrogen) atoms. The minimum absolute atomic E-state index is 0.192. The average Bonchev–Trinajstić information content (AvgIpc) is 3.20. The minimum Gasteiger partial charge on any atom is -0.447 e. The number of aromatic nitrogens is 1. The second-order valence-corrected chi connectivity index (χ2v) is 7.73. The summed E-state index contributed by atoms with van der Waals surface area (Å²) < 4.78 is 23.7. The lowest BCUT2D eigenvalue weighted by atomic mass is 10.1. The highest BCUT2D eigenvalue weighted by Gasteiger charge is 2.17. The van der Waals surface area contributed by atoms with E-state index in [1.165, 1.54) is 18.4 Å². The van der Waals surface area contributed by atoms with Crippen LogP contribution in [0.15, 0.2) is 53.1 Å². The number of ether oxygens (including phenoxy) is 1. The van der Waals surface area contributed by atoms with Crippen LogP contribution < -0.4 is 5.32 Å². The molecule has 0 bridgehead atoms. The van der Waals surface area contributed by atoms with Gasteiger partial charge in [-0.1, -0.05) is 41.4 Å². The summed E-state index contributed by atoms with van der Waals surface area (Å²) in [5, 5.41) is 3.79. The second kappa shape index (κ2) is 11.2. The summed E-state index contributed by atoms with van der Waals surface area (Å²) in [6, 6.07) is 11.6. The number of amides is 1. The monoisotopic (exact) mass is 465 g/mol. The maximum absolute atomic E-state index is 13.3. The normalized spacial score (nSPS) is 11.1. The van der Waals surface area contributed by atoms with Crippen molar-refractivity contribution in [3.63, 3.8) is 0 Å². The van der Waals surface area contributed by atoms with Crippen molar-refractivity contribution in [3.05, 3.63) is 87.3 Å². The van der Waals surface area contributed by atoms with E-state index < -0.39 is 0 Å². The smallest absolute Gasteiger partial charge is 0.273 e. The van der Waals surface area contributed by atoms with Gasteiger partial charge in [0.15, 0.2) is 5.69 Å². The molecule has 1 aromatic heterocycles. The van der Waals surface area contributed by atoms with E-state index in [4.69, 9.17) is 32.4 Å². The minimum atomic E-state index is -0.335. The molecule has 0 saturated heterocycles. The van der Waals surface area contributed by atoms with E-state index in [-0.39, 0.29) is 17.4 Å². The summed E-state index contributed by atoms with van der Waals surface area (Å²) in [5.74, 6) is -0.255. The van der Waals surface area contributed by atoms with E-state index >= 15 is 0 Å². The predicted octanol–water partition coefficient (Wildman–Crippen LogP) is 4.70. The molecule has 0 aliphatic carbocycles. The standard InChI is InChI=1S/C22H22Cl2FN3O3/c1-30-9-8-26-22(29)20-14-31-21(27-20)13-28(11-15-2-6-18(25)7-3-15)12-16-4-5-17(23)10-19(16)24/h2-7,10,14H,8-9,11-13H2,1H3,(H,26,29). The molecule has 1 amide bonds. The van der Waals surface area contributed by atoms with E-state index in [2.05, 4.69) is 10.3 Å². The number of carbonyl (C=O) groups excluding carboxylic acids is 1. The molecule has 0 radical (unpaired) electrons. The molecular formula is C22H22Cl2FN3O3. The van der Waals surface area contributed by atoms with Gasteiger partial charge in [-0.05, 0) is 35.4 Å². The zero-order valence-electron chi connectivity index (χ0n) is 16.9. The summed E-state index contributed by atoms with van der Waals surface area (Å²) >= 11 is 12.3. The second-order valence-electron chi connectivity index (χ2n) is 6.88. The molecule has 164 valence electrons. The first kappa shape index (κ1) is 23.2. The molecule has 0 aliphatic rings. The Labute approximate surface area is 189 Å². The first-order valence-electron chi connectivity index (χ1n) is 9.57. The summed E-state index contributed by atoms with van der Waals surface area (Å²) in [5.41, 5.74) is 1.98. The third-order valence-electron chi connectivity index (χ3n) is 4.46. The van der Waals surface area contributed by atoms with Crippen molar-refractivity contribution in [2.75, 3.05) is 20.3 Å². The van der Waals surface area contributed by atoms with Gasteiger partial charge in [0.1, 0.15) is 12.1 Å². The molecule has 1 N–H and O–H groups in total. The molecule has 3 aromatic rings. The highest BCUT2D eigenvalue weighted by molar-refractivity contribution is 6.35. The number of methoxy groups -OCH3 is 1. The number of rotatable bonds is 10. The lowest BCUT2D eigenvalue weighted by Gasteiger charge is -2.21. The van der Waals surface area contributed by atoms with Crippen LogP contribution in [0.5, 0.6) is 0 Å². The van der Waals surface area contributed by atoms with Gasteiger partial charge >= 0.3 is 0 Å². The number of halogens is 3. The van der Waals surface area contributed by atoms with Crippen molar-refractivity contribution in [2.24, 2.45) is 0 Å². The van der Waals surface area contributed by atoms with Gasteiger partial charge in [-0.3, -0.25) is 9.69 Å². The number of oxazole rings is 1. The first-order valence-corrected chi connectivity index (χ1v) is 10.3. The van der Waals surface area contributed by atoms with Gasteiger partial charge in [-0.25, -0.2) is 9.37 Å². The number of nitrogens with one attached hydrogen (secondary N) is 1. The lowest BCUT2D eigenvalue weighted by molar-refractivity contribution is 0.0932. The van der Waals surface area contributed by atoms with Crippen LogP contribution in [-0.2, 0) is 24.4 Å². The third kappa shape index (κ3) is 7.04. The quantitative estimate of drug-likeness (QED) is 0.439. The van der Waals surface area contributed by atoms with Crippen LogP contribution >= 0.6 is 23.2 Å². The summed E-state index contributed by atoms with van der Waals surface area (Å²) in [4.78, 5) is 18.5.